The molecule has 0 saturated carbocycles. The Kier molecular flexibility index (Phi) is 11.2. The van der Waals surface area contributed by atoms with Crippen LogP contribution < -0.4 is 10.6 Å². The van der Waals surface area contributed by atoms with Crippen molar-refractivity contribution < 1.29 is 43.2 Å². The zero-order valence-electron chi connectivity index (χ0n) is 22.6. The first-order chi connectivity index (χ1) is 20.0. The topological polar surface area (TPSA) is 206 Å². The van der Waals surface area contributed by atoms with Gasteiger partial charge in [0.15, 0.2) is 0 Å². The van der Waals surface area contributed by atoms with Crippen LogP contribution >= 0.6 is 11.8 Å². The monoisotopic (exact) mass is 604 g/mol. The average molecular weight is 605 g/mol. The van der Waals surface area contributed by atoms with Crippen LogP contribution in [0.1, 0.15) is 25.0 Å². The van der Waals surface area contributed by atoms with Crippen molar-refractivity contribution in [2.75, 3.05) is 12.3 Å². The number of hydrogen-bond acceptors (Lipinski definition) is 12. The number of non-ortho nitro benzene ring substituents is 2. The molecular formula is C26H28N4O11S. The SMILES string of the molecule is CC(=O)C(SCCNC(=O)OCc1ccc([N+](=O)[O-])cc1)[C@@H]1NC(=O)[C@@H]1[C@@H](C)OC(=O)OCc1ccc([N+](=O)[O-])cc1. The summed E-state index contributed by atoms with van der Waals surface area (Å²) in [7, 11) is 0. The maximum absolute atomic E-state index is 12.4. The van der Waals surface area contributed by atoms with Gasteiger partial charge in [-0.2, -0.15) is 0 Å². The van der Waals surface area contributed by atoms with Crippen LogP contribution in [0, 0.1) is 26.1 Å². The second-order valence-electron chi connectivity index (χ2n) is 9.17. The first-order valence-electron chi connectivity index (χ1n) is 12.6. The molecule has 0 bridgehead atoms. The number of nitro benzene ring substituents is 2. The van der Waals surface area contributed by atoms with Crippen LogP contribution in [-0.4, -0.2) is 63.5 Å². The van der Waals surface area contributed by atoms with Crippen LogP contribution in [0.3, 0.4) is 0 Å². The van der Waals surface area contributed by atoms with Crippen molar-refractivity contribution in [3.8, 4) is 0 Å². The van der Waals surface area contributed by atoms with Crippen LogP contribution in [0.2, 0.25) is 0 Å². The van der Waals surface area contributed by atoms with Gasteiger partial charge in [-0.1, -0.05) is 0 Å². The number of rotatable bonds is 14. The quantitative estimate of drug-likeness (QED) is 0.105. The molecule has 2 N–H and O–H groups in total. The molecule has 1 unspecified atom stereocenters. The Hall–Kier alpha value is -4.73. The van der Waals surface area contributed by atoms with Gasteiger partial charge in [-0.25, -0.2) is 9.59 Å². The molecule has 224 valence electrons. The minimum atomic E-state index is -1.04. The number of benzene rings is 2. The van der Waals surface area contributed by atoms with Crippen molar-refractivity contribution >= 4 is 47.1 Å². The van der Waals surface area contributed by atoms with Gasteiger partial charge in [0.2, 0.25) is 5.91 Å². The Labute approximate surface area is 243 Å². The number of nitro groups is 2. The van der Waals surface area contributed by atoms with E-state index in [1.807, 2.05) is 0 Å². The third-order valence-electron chi connectivity index (χ3n) is 6.20. The molecule has 1 saturated heterocycles. The number of ether oxygens (including phenoxy) is 3. The van der Waals surface area contributed by atoms with E-state index in [1.54, 1.807) is 0 Å². The Balaban J connectivity index is 1.41. The van der Waals surface area contributed by atoms with Gasteiger partial charge in [0.05, 0.1) is 27.1 Å². The van der Waals surface area contributed by atoms with E-state index in [0.717, 1.165) is 0 Å². The predicted molar refractivity (Wildman–Crippen MR) is 147 cm³/mol. The number of ketones is 1. The van der Waals surface area contributed by atoms with E-state index in [4.69, 9.17) is 14.2 Å². The highest BCUT2D eigenvalue weighted by Gasteiger charge is 2.49. The molecule has 1 fully saturated rings. The van der Waals surface area contributed by atoms with Crippen LogP contribution in [0.15, 0.2) is 48.5 Å². The summed E-state index contributed by atoms with van der Waals surface area (Å²) in [5.74, 6) is -1.11. The molecule has 2 amide bonds. The van der Waals surface area contributed by atoms with Gasteiger partial charge in [-0.15, -0.1) is 11.8 Å². The predicted octanol–water partition coefficient (Wildman–Crippen LogP) is 3.28. The van der Waals surface area contributed by atoms with Crippen molar-refractivity contribution in [2.45, 2.75) is 44.5 Å². The zero-order valence-corrected chi connectivity index (χ0v) is 23.4. The minimum absolute atomic E-state index is 0.0780. The fourth-order valence-corrected chi connectivity index (χ4v) is 5.18. The van der Waals surface area contributed by atoms with E-state index in [9.17, 15) is 39.4 Å². The van der Waals surface area contributed by atoms with E-state index in [0.29, 0.717) is 16.9 Å². The minimum Gasteiger partial charge on any atom is -0.445 e. The lowest BCUT2D eigenvalue weighted by Crippen LogP contribution is -2.67. The van der Waals surface area contributed by atoms with E-state index in [2.05, 4.69) is 10.6 Å². The fraction of sp³-hybridized carbons (Fsp3) is 0.385. The molecule has 15 nitrogen and oxygen atoms in total. The first-order valence-corrected chi connectivity index (χ1v) is 13.6. The number of hydrogen-bond donors (Lipinski definition) is 2. The standard InChI is InChI=1S/C26H28N4O11S/c1-15(31)23(42-12-11-27-25(33)39-13-17-3-7-19(8-4-17)29(35)36)22-21(24(32)28-22)16(2)41-26(34)40-14-18-5-9-20(10-6-18)30(37)38/h3-10,16,21-23H,11-14H2,1-2H3,(H,27,33)(H,28,32)/t16-,21-,22-,23?/m1/s1. The van der Waals surface area contributed by atoms with Crippen molar-refractivity contribution in [3.63, 3.8) is 0 Å². The summed E-state index contributed by atoms with van der Waals surface area (Å²) in [4.78, 5) is 69.2. The second kappa shape index (κ2) is 14.8. The molecule has 1 heterocycles. The van der Waals surface area contributed by atoms with Crippen molar-refractivity contribution in [3.05, 3.63) is 79.9 Å². The second-order valence-corrected chi connectivity index (χ2v) is 10.4. The number of nitrogens with one attached hydrogen (secondary N) is 2. The van der Waals surface area contributed by atoms with Crippen LogP contribution in [0.25, 0.3) is 0 Å². The number of nitrogens with zero attached hydrogens (tertiary/aromatic N) is 2. The summed E-state index contributed by atoms with van der Waals surface area (Å²) in [5.41, 5.74) is 0.887. The molecule has 2 aromatic carbocycles. The number of carbonyl (C=O) groups is 4. The lowest BCUT2D eigenvalue weighted by molar-refractivity contribution is -0.385. The van der Waals surface area contributed by atoms with Gasteiger partial charge in [-0.3, -0.25) is 29.8 Å². The first kappa shape index (κ1) is 31.8. The van der Waals surface area contributed by atoms with Gasteiger partial charge < -0.3 is 24.8 Å². The molecule has 0 aromatic heterocycles. The molecule has 3 rings (SSSR count). The summed E-state index contributed by atoms with van der Waals surface area (Å²) in [5, 5.41) is 26.0. The summed E-state index contributed by atoms with van der Waals surface area (Å²) in [6.45, 7) is 2.75. The Morgan fingerprint density at radius 2 is 1.48 bits per heavy atom. The molecular weight excluding hydrogens is 576 g/mol. The van der Waals surface area contributed by atoms with Crippen molar-refractivity contribution in [1.82, 2.24) is 10.6 Å². The lowest BCUT2D eigenvalue weighted by Gasteiger charge is -2.42. The largest absolute Gasteiger partial charge is 0.508 e. The summed E-state index contributed by atoms with van der Waals surface area (Å²) >= 11 is 1.21. The third kappa shape index (κ3) is 8.89. The smallest absolute Gasteiger partial charge is 0.445 e. The summed E-state index contributed by atoms with van der Waals surface area (Å²) in [6.07, 6.45) is -2.66. The number of thioether (sulfide) groups is 1. The molecule has 16 heteroatoms. The molecule has 0 aliphatic carbocycles. The van der Waals surface area contributed by atoms with Gasteiger partial charge >= 0.3 is 12.2 Å². The van der Waals surface area contributed by atoms with Crippen molar-refractivity contribution in [2.24, 2.45) is 5.92 Å². The normalized spacial score (nSPS) is 17.0. The zero-order chi connectivity index (χ0) is 30.8. The number of carbonyl (C=O) groups excluding carboxylic acids is 4. The fourth-order valence-electron chi connectivity index (χ4n) is 4.03. The number of amides is 2. The maximum Gasteiger partial charge on any atom is 0.508 e. The lowest BCUT2D eigenvalue weighted by atomic mass is 9.83. The average Bonchev–Trinajstić information content (AvgIpc) is 2.94. The molecule has 42 heavy (non-hydrogen) atoms. The Morgan fingerprint density at radius 3 is 1.95 bits per heavy atom. The third-order valence-corrected chi connectivity index (χ3v) is 7.63. The highest BCUT2D eigenvalue weighted by Crippen LogP contribution is 2.31. The van der Waals surface area contributed by atoms with E-state index < -0.39 is 51.3 Å². The molecule has 2 aromatic rings. The van der Waals surface area contributed by atoms with E-state index in [-0.39, 0.29) is 36.9 Å². The summed E-state index contributed by atoms with van der Waals surface area (Å²) < 4.78 is 15.4. The van der Waals surface area contributed by atoms with Gasteiger partial charge in [0.1, 0.15) is 25.1 Å². The molecule has 1 aliphatic heterocycles. The molecule has 4 atom stereocenters. The van der Waals surface area contributed by atoms with Crippen LogP contribution in [0.5, 0.6) is 0 Å². The van der Waals surface area contributed by atoms with Crippen LogP contribution in [0.4, 0.5) is 21.0 Å². The molecule has 1 aliphatic rings. The molecule has 0 spiro atoms. The van der Waals surface area contributed by atoms with E-state index in [1.165, 1.54) is 74.1 Å². The van der Waals surface area contributed by atoms with Gasteiger partial charge in [0, 0.05) is 36.6 Å². The van der Waals surface area contributed by atoms with Crippen LogP contribution in [-0.2, 0) is 37.0 Å². The number of β-lactam (4-membered cyclic amide) rings is 1. The number of alkyl carbamates (subject to hydrolysis) is 1. The Morgan fingerprint density at radius 1 is 0.952 bits per heavy atom. The van der Waals surface area contributed by atoms with E-state index >= 15 is 0 Å². The highest BCUT2D eigenvalue weighted by molar-refractivity contribution is 8.00. The highest BCUT2D eigenvalue weighted by atomic mass is 32.2. The van der Waals surface area contributed by atoms with Gasteiger partial charge in [-0.05, 0) is 49.2 Å². The maximum atomic E-state index is 12.4. The molecule has 0 radical (unpaired) electrons. The Bertz CT molecular complexity index is 1320. The summed E-state index contributed by atoms with van der Waals surface area (Å²) in [6, 6.07) is 10.4. The van der Waals surface area contributed by atoms with Gasteiger partial charge in [0.25, 0.3) is 11.4 Å². The van der Waals surface area contributed by atoms with Crippen molar-refractivity contribution in [1.29, 1.82) is 0 Å². The number of Topliss-reactive ketones (excluding diaryl/α,β-unsaturated/α-hetero) is 1.